The molecule has 2 atom stereocenters. The summed E-state index contributed by atoms with van der Waals surface area (Å²) in [5.74, 6) is 0.557. The lowest BCUT2D eigenvalue weighted by Crippen LogP contribution is -2.44. The van der Waals surface area contributed by atoms with Gasteiger partial charge in [-0.15, -0.1) is 0 Å². The lowest BCUT2D eigenvalue weighted by atomic mass is 9.95. The van der Waals surface area contributed by atoms with E-state index in [9.17, 15) is 13.2 Å². The number of nitrogens with zero attached hydrogens (tertiary/aromatic N) is 1. The van der Waals surface area contributed by atoms with Gasteiger partial charge in [-0.1, -0.05) is 6.92 Å². The average Bonchev–Trinajstić information content (AvgIpc) is 2.29. The highest BCUT2D eigenvalue weighted by Crippen LogP contribution is 2.27. The van der Waals surface area contributed by atoms with Gasteiger partial charge in [0.1, 0.15) is 0 Å². The maximum Gasteiger partial charge on any atom is 0.247 e. The Labute approximate surface area is 107 Å². The van der Waals surface area contributed by atoms with Crippen LogP contribution in [0.5, 0.6) is 0 Å². The van der Waals surface area contributed by atoms with Crippen molar-refractivity contribution in [1.29, 1.82) is 0 Å². The molecule has 100 valence electrons. The molecule has 0 saturated carbocycles. The van der Waals surface area contributed by atoms with E-state index in [0.717, 1.165) is 12.8 Å². The predicted octanol–water partition coefficient (Wildman–Crippen LogP) is 1.18. The molecule has 0 bridgehead atoms. The van der Waals surface area contributed by atoms with E-state index in [2.05, 4.69) is 11.9 Å². The maximum atomic E-state index is 12.4. The molecule has 1 aromatic rings. The van der Waals surface area contributed by atoms with Crippen molar-refractivity contribution in [2.24, 2.45) is 5.92 Å². The monoisotopic (exact) mass is 270 g/mol. The molecular formula is C12H18N2O3S. The Morgan fingerprint density at radius 2 is 2.06 bits per heavy atom. The number of hydrogen-bond acceptors (Lipinski definition) is 3. The van der Waals surface area contributed by atoms with Gasteiger partial charge in [0, 0.05) is 24.8 Å². The zero-order chi connectivity index (χ0) is 13.3. The van der Waals surface area contributed by atoms with Gasteiger partial charge >= 0.3 is 0 Å². The quantitative estimate of drug-likeness (QED) is 0.877. The highest BCUT2D eigenvalue weighted by atomic mass is 32.2. The zero-order valence-corrected chi connectivity index (χ0v) is 11.4. The molecule has 0 spiro atoms. The van der Waals surface area contributed by atoms with Gasteiger partial charge in [0.2, 0.25) is 15.6 Å². The van der Waals surface area contributed by atoms with Gasteiger partial charge in [0.25, 0.3) is 0 Å². The van der Waals surface area contributed by atoms with Gasteiger partial charge < -0.3 is 4.98 Å². The van der Waals surface area contributed by atoms with Crippen LogP contribution in [0.3, 0.4) is 0 Å². The summed E-state index contributed by atoms with van der Waals surface area (Å²) in [5.41, 5.74) is -0.297. The highest BCUT2D eigenvalue weighted by Gasteiger charge is 2.33. The molecule has 1 fully saturated rings. The van der Waals surface area contributed by atoms with Crippen LogP contribution in [0.4, 0.5) is 0 Å². The highest BCUT2D eigenvalue weighted by molar-refractivity contribution is 7.89. The Hall–Kier alpha value is -1.14. The van der Waals surface area contributed by atoms with Gasteiger partial charge in [-0.25, -0.2) is 8.42 Å². The van der Waals surface area contributed by atoms with E-state index in [1.54, 1.807) is 0 Å². The molecule has 6 heteroatoms. The molecule has 0 aliphatic carbocycles. The fourth-order valence-electron chi connectivity index (χ4n) is 2.43. The minimum Gasteiger partial charge on any atom is -0.328 e. The second-order valence-corrected chi connectivity index (χ2v) is 6.87. The van der Waals surface area contributed by atoms with E-state index in [1.165, 1.54) is 22.6 Å². The van der Waals surface area contributed by atoms with E-state index in [4.69, 9.17) is 0 Å². The van der Waals surface area contributed by atoms with E-state index in [1.807, 2.05) is 6.92 Å². The van der Waals surface area contributed by atoms with Crippen LogP contribution in [0.1, 0.15) is 26.7 Å². The van der Waals surface area contributed by atoms with Crippen molar-refractivity contribution in [1.82, 2.24) is 9.29 Å². The predicted molar refractivity (Wildman–Crippen MR) is 68.8 cm³/mol. The number of aromatic nitrogens is 1. The molecule has 0 aromatic carbocycles. The summed E-state index contributed by atoms with van der Waals surface area (Å²) >= 11 is 0. The number of sulfonamides is 1. The molecule has 1 N–H and O–H groups in total. The summed E-state index contributed by atoms with van der Waals surface area (Å²) in [5, 5.41) is 0. The van der Waals surface area contributed by atoms with Crippen LogP contribution in [0, 0.1) is 5.92 Å². The Balaban J connectivity index is 2.31. The van der Waals surface area contributed by atoms with E-state index < -0.39 is 10.0 Å². The first-order chi connectivity index (χ1) is 8.41. The topological polar surface area (TPSA) is 70.2 Å². The molecule has 18 heavy (non-hydrogen) atoms. The molecule has 1 aliphatic rings. The second kappa shape index (κ2) is 4.85. The van der Waals surface area contributed by atoms with Crippen molar-refractivity contribution in [2.75, 3.05) is 6.54 Å². The third-order valence-electron chi connectivity index (χ3n) is 3.44. The van der Waals surface area contributed by atoms with E-state index in [-0.39, 0.29) is 16.5 Å². The molecule has 2 rings (SSSR count). The number of hydrogen-bond donors (Lipinski definition) is 1. The fourth-order valence-corrected chi connectivity index (χ4v) is 4.06. The molecule has 5 nitrogen and oxygen atoms in total. The fraction of sp³-hybridized carbons (Fsp3) is 0.583. The minimum absolute atomic E-state index is 0.00526. The normalized spacial score (nSPS) is 26.1. The Bertz CT molecular complexity index is 559. The van der Waals surface area contributed by atoms with Crippen molar-refractivity contribution in [3.8, 4) is 0 Å². The SMILES string of the molecule is CC1CCN(S(=O)(=O)c2ccc(=O)[nH]c2)C(C)C1. The summed E-state index contributed by atoms with van der Waals surface area (Å²) in [7, 11) is -3.49. The van der Waals surface area contributed by atoms with Gasteiger partial charge in [0.05, 0.1) is 4.90 Å². The number of rotatable bonds is 2. The van der Waals surface area contributed by atoms with Crippen LogP contribution in [0.2, 0.25) is 0 Å². The van der Waals surface area contributed by atoms with Crippen molar-refractivity contribution in [3.05, 3.63) is 28.7 Å². The van der Waals surface area contributed by atoms with Crippen molar-refractivity contribution < 1.29 is 8.42 Å². The standard InChI is InChI=1S/C12H18N2O3S/c1-9-5-6-14(10(2)7-9)18(16,17)11-3-4-12(15)13-8-11/h3-4,8-10H,5-7H2,1-2H3,(H,13,15). The van der Waals surface area contributed by atoms with Crippen LogP contribution in [0.25, 0.3) is 0 Å². The van der Waals surface area contributed by atoms with Crippen LogP contribution < -0.4 is 5.56 Å². The average molecular weight is 270 g/mol. The van der Waals surface area contributed by atoms with Crippen LogP contribution >= 0.6 is 0 Å². The molecule has 2 heterocycles. The lowest BCUT2D eigenvalue weighted by molar-refractivity contribution is 0.220. The zero-order valence-electron chi connectivity index (χ0n) is 10.6. The third kappa shape index (κ3) is 2.49. The van der Waals surface area contributed by atoms with Crippen LogP contribution in [-0.4, -0.2) is 30.3 Å². The Morgan fingerprint density at radius 3 is 2.61 bits per heavy atom. The Kier molecular flexibility index (Phi) is 3.59. The van der Waals surface area contributed by atoms with Gasteiger partial charge in [-0.3, -0.25) is 4.79 Å². The van der Waals surface area contributed by atoms with E-state index in [0.29, 0.717) is 12.5 Å². The van der Waals surface area contributed by atoms with Crippen LogP contribution in [0.15, 0.2) is 28.0 Å². The number of piperidine rings is 1. The number of aromatic amines is 1. The third-order valence-corrected chi connectivity index (χ3v) is 5.45. The van der Waals surface area contributed by atoms with Crippen molar-refractivity contribution in [2.45, 2.75) is 37.6 Å². The molecule has 2 unspecified atom stereocenters. The number of nitrogens with one attached hydrogen (secondary N) is 1. The molecule has 1 aromatic heterocycles. The molecule has 1 aliphatic heterocycles. The maximum absolute atomic E-state index is 12.4. The number of H-pyrrole nitrogens is 1. The summed E-state index contributed by atoms with van der Waals surface area (Å²) in [6, 6.07) is 2.61. The smallest absolute Gasteiger partial charge is 0.247 e. The van der Waals surface area contributed by atoms with Gasteiger partial charge in [-0.2, -0.15) is 4.31 Å². The van der Waals surface area contributed by atoms with Gasteiger partial charge in [0.15, 0.2) is 0 Å². The van der Waals surface area contributed by atoms with Gasteiger partial charge in [-0.05, 0) is 31.7 Å². The van der Waals surface area contributed by atoms with Crippen LogP contribution in [-0.2, 0) is 10.0 Å². The first kappa shape index (κ1) is 13.3. The Morgan fingerprint density at radius 1 is 1.33 bits per heavy atom. The molecule has 0 radical (unpaired) electrons. The largest absolute Gasteiger partial charge is 0.328 e. The first-order valence-corrected chi connectivity index (χ1v) is 7.56. The summed E-state index contributed by atoms with van der Waals surface area (Å²) in [4.78, 5) is 13.5. The van der Waals surface area contributed by atoms with Crippen molar-refractivity contribution >= 4 is 10.0 Å². The molecule has 1 saturated heterocycles. The number of pyridine rings is 1. The summed E-state index contributed by atoms with van der Waals surface area (Å²) in [6.07, 6.45) is 3.03. The summed E-state index contributed by atoms with van der Waals surface area (Å²) in [6.45, 7) is 4.61. The lowest BCUT2D eigenvalue weighted by Gasteiger charge is -2.35. The summed E-state index contributed by atoms with van der Waals surface area (Å²) < 4.78 is 26.4. The van der Waals surface area contributed by atoms with E-state index >= 15 is 0 Å². The van der Waals surface area contributed by atoms with Crippen molar-refractivity contribution in [3.63, 3.8) is 0 Å². The second-order valence-electron chi connectivity index (χ2n) is 4.98. The molecular weight excluding hydrogens is 252 g/mol. The molecule has 0 amide bonds. The first-order valence-electron chi connectivity index (χ1n) is 6.12. The minimum atomic E-state index is -3.49.